The van der Waals surface area contributed by atoms with Gasteiger partial charge in [0.05, 0.1) is 0 Å². The summed E-state index contributed by atoms with van der Waals surface area (Å²) in [4.78, 5) is 2.73. The summed E-state index contributed by atoms with van der Waals surface area (Å²) in [5.41, 5.74) is 7.50. The molecule has 112 valence electrons. The van der Waals surface area contributed by atoms with Gasteiger partial charge in [0.1, 0.15) is 0 Å². The van der Waals surface area contributed by atoms with Crippen LogP contribution in [-0.2, 0) is 6.54 Å². The second-order valence-corrected chi connectivity index (χ2v) is 7.97. The molecular weight excluding hydrogens is 256 g/mol. The molecule has 2 heteroatoms. The summed E-state index contributed by atoms with van der Waals surface area (Å²) in [6.07, 6.45) is 3.01. The fourth-order valence-corrected chi connectivity index (χ4v) is 6.54. The van der Waals surface area contributed by atoms with Crippen molar-refractivity contribution in [1.82, 2.24) is 4.90 Å². The van der Waals surface area contributed by atoms with E-state index in [-0.39, 0.29) is 0 Å². The lowest BCUT2D eigenvalue weighted by Crippen LogP contribution is -2.40. The number of hydrogen-bond donors (Lipinski definition) is 1. The van der Waals surface area contributed by atoms with Gasteiger partial charge >= 0.3 is 0 Å². The van der Waals surface area contributed by atoms with Gasteiger partial charge in [-0.05, 0) is 66.4 Å². The van der Waals surface area contributed by atoms with Crippen molar-refractivity contribution < 1.29 is 0 Å². The Balaban J connectivity index is 1.33. The van der Waals surface area contributed by atoms with Crippen LogP contribution in [0.4, 0.5) is 0 Å². The molecule has 6 unspecified atom stereocenters. The molecule has 1 aromatic carbocycles. The van der Waals surface area contributed by atoms with Crippen LogP contribution < -0.4 is 5.73 Å². The molecule has 4 saturated carbocycles. The topological polar surface area (TPSA) is 29.3 Å². The lowest BCUT2D eigenvalue weighted by Gasteiger charge is -2.44. The van der Waals surface area contributed by atoms with Gasteiger partial charge in [-0.1, -0.05) is 30.3 Å². The van der Waals surface area contributed by atoms with E-state index in [4.69, 9.17) is 5.73 Å². The summed E-state index contributed by atoms with van der Waals surface area (Å²) in [5.74, 6) is 6.95. The number of nitrogens with two attached hydrogens (primary N) is 1. The van der Waals surface area contributed by atoms with Crippen molar-refractivity contribution >= 4 is 0 Å². The normalized spacial score (nSPS) is 47.2. The van der Waals surface area contributed by atoms with Gasteiger partial charge < -0.3 is 5.73 Å². The van der Waals surface area contributed by atoms with Crippen LogP contribution in [0.15, 0.2) is 30.3 Å². The summed E-state index contributed by atoms with van der Waals surface area (Å²) < 4.78 is 0. The molecule has 2 N–H and O–H groups in total. The molecule has 5 aliphatic rings. The number of nitrogens with zero attached hydrogens (tertiary/aromatic N) is 1. The average molecular weight is 282 g/mol. The predicted molar refractivity (Wildman–Crippen MR) is 84.4 cm³/mol. The van der Waals surface area contributed by atoms with Crippen molar-refractivity contribution in [1.29, 1.82) is 0 Å². The van der Waals surface area contributed by atoms with Crippen molar-refractivity contribution in [2.75, 3.05) is 19.6 Å². The molecule has 5 fully saturated rings. The third kappa shape index (κ3) is 1.78. The molecule has 1 aliphatic heterocycles. The minimum atomic E-state index is 0.899. The van der Waals surface area contributed by atoms with Gasteiger partial charge in [-0.2, -0.15) is 0 Å². The van der Waals surface area contributed by atoms with Crippen LogP contribution in [0, 0.1) is 41.4 Å². The molecular formula is C19H26N2. The van der Waals surface area contributed by atoms with Gasteiger partial charge in [0.2, 0.25) is 0 Å². The quantitative estimate of drug-likeness (QED) is 0.923. The first-order valence-corrected chi connectivity index (χ1v) is 8.83. The Kier molecular flexibility index (Phi) is 2.75. The average Bonchev–Trinajstić information content (AvgIpc) is 3.12. The van der Waals surface area contributed by atoms with Crippen LogP contribution in [-0.4, -0.2) is 24.5 Å². The molecule has 0 amide bonds. The highest BCUT2D eigenvalue weighted by Gasteiger charge is 2.67. The van der Waals surface area contributed by atoms with Gasteiger partial charge in [-0.15, -0.1) is 0 Å². The predicted octanol–water partition coefficient (Wildman–Crippen LogP) is 2.60. The van der Waals surface area contributed by atoms with Crippen molar-refractivity contribution in [3.63, 3.8) is 0 Å². The fraction of sp³-hybridized carbons (Fsp3) is 0.684. The molecule has 4 aliphatic carbocycles. The summed E-state index contributed by atoms with van der Waals surface area (Å²) >= 11 is 0. The van der Waals surface area contributed by atoms with E-state index in [0.29, 0.717) is 0 Å². The Morgan fingerprint density at radius 1 is 0.905 bits per heavy atom. The second kappa shape index (κ2) is 4.57. The number of benzene rings is 1. The minimum Gasteiger partial charge on any atom is -0.330 e. The van der Waals surface area contributed by atoms with E-state index < -0.39 is 0 Å². The second-order valence-electron chi connectivity index (χ2n) is 7.97. The number of fused-ring (bicyclic) bond motifs is 1. The number of rotatable bonds is 3. The van der Waals surface area contributed by atoms with Gasteiger partial charge in [-0.25, -0.2) is 0 Å². The Bertz CT molecular complexity index is 502. The maximum absolute atomic E-state index is 6.02. The van der Waals surface area contributed by atoms with Crippen LogP contribution in [0.25, 0.3) is 0 Å². The van der Waals surface area contributed by atoms with Crippen molar-refractivity contribution in [2.45, 2.75) is 19.4 Å². The zero-order chi connectivity index (χ0) is 14.0. The number of hydrogen-bond acceptors (Lipinski definition) is 2. The lowest BCUT2D eigenvalue weighted by atomic mass is 9.60. The Morgan fingerprint density at radius 2 is 1.52 bits per heavy atom. The maximum Gasteiger partial charge on any atom is 0.0233 e. The van der Waals surface area contributed by atoms with E-state index in [1.165, 1.54) is 31.5 Å². The van der Waals surface area contributed by atoms with Crippen molar-refractivity contribution in [3.8, 4) is 0 Å². The minimum absolute atomic E-state index is 0.899. The van der Waals surface area contributed by atoms with Crippen LogP contribution >= 0.6 is 0 Å². The van der Waals surface area contributed by atoms with Gasteiger partial charge in [0.15, 0.2) is 0 Å². The molecule has 2 bridgehead atoms. The molecule has 1 saturated heterocycles. The summed E-state index contributed by atoms with van der Waals surface area (Å²) in [7, 11) is 0. The Labute approximate surface area is 127 Å². The van der Waals surface area contributed by atoms with Crippen molar-refractivity contribution in [3.05, 3.63) is 35.9 Å². The van der Waals surface area contributed by atoms with E-state index in [1.807, 2.05) is 0 Å². The molecule has 2 nitrogen and oxygen atoms in total. The standard InChI is InChI=1S/C19H26N2/c20-8-15-18-13-6-7-14(19(15)18)17-11-21(10-16(13)17)9-12-4-2-1-3-5-12/h1-5,13-19H,6-11,20H2. The van der Waals surface area contributed by atoms with Gasteiger partial charge in [0.25, 0.3) is 0 Å². The summed E-state index contributed by atoms with van der Waals surface area (Å²) in [6.45, 7) is 4.81. The molecule has 21 heavy (non-hydrogen) atoms. The smallest absolute Gasteiger partial charge is 0.0233 e. The molecule has 0 radical (unpaired) electrons. The highest BCUT2D eigenvalue weighted by Crippen LogP contribution is 2.70. The molecule has 0 spiro atoms. The SMILES string of the molecule is NCC1C2C3CCC(C4CN(Cc5ccccc5)CC43)C12. The fourth-order valence-electron chi connectivity index (χ4n) is 6.54. The molecule has 1 aromatic rings. The monoisotopic (exact) mass is 282 g/mol. The molecule has 6 atom stereocenters. The summed E-state index contributed by atoms with van der Waals surface area (Å²) in [6, 6.07) is 11.0. The third-order valence-electron chi connectivity index (χ3n) is 7.22. The van der Waals surface area contributed by atoms with Gasteiger partial charge in [-0.3, -0.25) is 4.90 Å². The van der Waals surface area contributed by atoms with E-state index in [1.54, 1.807) is 0 Å². The van der Waals surface area contributed by atoms with E-state index in [2.05, 4.69) is 35.2 Å². The summed E-state index contributed by atoms with van der Waals surface area (Å²) in [5, 5.41) is 0. The van der Waals surface area contributed by atoms with Crippen molar-refractivity contribution in [2.24, 2.45) is 47.2 Å². The highest BCUT2D eigenvalue weighted by atomic mass is 15.2. The lowest BCUT2D eigenvalue weighted by molar-refractivity contribution is 0.0464. The zero-order valence-corrected chi connectivity index (χ0v) is 12.7. The molecule has 0 aromatic heterocycles. The van der Waals surface area contributed by atoms with Crippen LogP contribution in [0.3, 0.4) is 0 Å². The first kappa shape index (κ1) is 12.7. The Morgan fingerprint density at radius 3 is 2.10 bits per heavy atom. The largest absolute Gasteiger partial charge is 0.330 e. The zero-order valence-electron chi connectivity index (χ0n) is 12.7. The number of likely N-dealkylation sites (tertiary alicyclic amines) is 1. The first-order valence-electron chi connectivity index (χ1n) is 8.83. The third-order valence-corrected chi connectivity index (χ3v) is 7.22. The Hall–Kier alpha value is -0.860. The van der Waals surface area contributed by atoms with Crippen LogP contribution in [0.1, 0.15) is 18.4 Å². The van der Waals surface area contributed by atoms with E-state index in [0.717, 1.165) is 54.5 Å². The molecule has 6 rings (SSSR count). The van der Waals surface area contributed by atoms with E-state index in [9.17, 15) is 0 Å². The van der Waals surface area contributed by atoms with Crippen LogP contribution in [0.5, 0.6) is 0 Å². The van der Waals surface area contributed by atoms with Gasteiger partial charge in [0, 0.05) is 19.6 Å². The molecule has 1 heterocycles. The maximum atomic E-state index is 6.02. The highest BCUT2D eigenvalue weighted by molar-refractivity contribution is 5.18. The van der Waals surface area contributed by atoms with Crippen LogP contribution in [0.2, 0.25) is 0 Å². The first-order chi connectivity index (χ1) is 10.4. The van der Waals surface area contributed by atoms with E-state index >= 15 is 0 Å².